The fraction of sp³-hybridized carbons (Fsp3) is 1.00. The molecule has 0 saturated carbocycles. The molecule has 2 heterocycles. The highest BCUT2D eigenvalue weighted by Crippen LogP contribution is 2.29. The molecular weight excluding hydrogens is 154 g/mol. The van der Waals surface area contributed by atoms with E-state index in [1.807, 2.05) is 0 Å². The van der Waals surface area contributed by atoms with E-state index < -0.39 is 0 Å². The van der Waals surface area contributed by atoms with Gasteiger partial charge in [-0.2, -0.15) is 0 Å². The maximum Gasteiger partial charge on any atom is 0.0739 e. The minimum absolute atomic E-state index is 0.155. The second-order valence-electron chi connectivity index (χ2n) is 3.64. The van der Waals surface area contributed by atoms with Crippen LogP contribution in [0.4, 0.5) is 0 Å². The van der Waals surface area contributed by atoms with E-state index in [0.29, 0.717) is 0 Å². The van der Waals surface area contributed by atoms with Crippen LogP contribution in [-0.4, -0.2) is 38.5 Å². The van der Waals surface area contributed by atoms with E-state index in [2.05, 4.69) is 5.32 Å². The van der Waals surface area contributed by atoms with Crippen molar-refractivity contribution in [1.29, 1.82) is 0 Å². The molecule has 70 valence electrons. The lowest BCUT2D eigenvalue weighted by Gasteiger charge is -2.35. The fourth-order valence-electron chi connectivity index (χ4n) is 1.99. The zero-order valence-corrected chi connectivity index (χ0v) is 7.47. The van der Waals surface area contributed by atoms with Gasteiger partial charge in [0.05, 0.1) is 12.2 Å². The van der Waals surface area contributed by atoms with E-state index in [4.69, 9.17) is 9.47 Å². The average molecular weight is 171 g/mol. The van der Waals surface area contributed by atoms with Crippen molar-refractivity contribution in [3.63, 3.8) is 0 Å². The molecule has 2 aliphatic heterocycles. The second kappa shape index (κ2) is 3.73. The molecule has 0 atom stereocenters. The smallest absolute Gasteiger partial charge is 0.0739 e. The molecular formula is C9H17NO2. The van der Waals surface area contributed by atoms with Gasteiger partial charge in [0.15, 0.2) is 0 Å². The molecule has 0 aromatic rings. The van der Waals surface area contributed by atoms with Crippen molar-refractivity contribution in [2.75, 3.05) is 32.9 Å². The third-order valence-electron chi connectivity index (χ3n) is 2.85. The third kappa shape index (κ3) is 1.79. The highest BCUT2D eigenvalue weighted by atomic mass is 16.5. The van der Waals surface area contributed by atoms with Crippen molar-refractivity contribution >= 4 is 0 Å². The minimum atomic E-state index is 0.155. The van der Waals surface area contributed by atoms with Crippen LogP contribution in [0.2, 0.25) is 0 Å². The molecule has 2 saturated heterocycles. The molecule has 0 bridgehead atoms. The van der Waals surface area contributed by atoms with Crippen molar-refractivity contribution in [3.8, 4) is 0 Å². The van der Waals surface area contributed by atoms with Crippen molar-refractivity contribution in [1.82, 2.24) is 5.32 Å². The van der Waals surface area contributed by atoms with Gasteiger partial charge >= 0.3 is 0 Å². The van der Waals surface area contributed by atoms with Crippen LogP contribution in [0, 0.1) is 0 Å². The quantitative estimate of drug-likeness (QED) is 0.577. The topological polar surface area (TPSA) is 30.5 Å². The Kier molecular flexibility index (Phi) is 2.63. The molecule has 2 aliphatic rings. The van der Waals surface area contributed by atoms with E-state index in [1.165, 1.54) is 0 Å². The molecule has 12 heavy (non-hydrogen) atoms. The van der Waals surface area contributed by atoms with Crippen LogP contribution in [0.25, 0.3) is 0 Å². The predicted octanol–water partition coefficient (Wildman–Crippen LogP) is 0.545. The lowest BCUT2D eigenvalue weighted by molar-refractivity contribution is -0.105. The molecule has 0 unspecified atom stereocenters. The second-order valence-corrected chi connectivity index (χ2v) is 3.64. The van der Waals surface area contributed by atoms with Gasteiger partial charge in [-0.1, -0.05) is 0 Å². The molecule has 0 aromatic carbocycles. The van der Waals surface area contributed by atoms with Crippen LogP contribution in [0.15, 0.2) is 0 Å². The summed E-state index contributed by atoms with van der Waals surface area (Å²) in [6.45, 7) is 4.71. The number of nitrogens with one attached hydrogen (secondary N) is 1. The summed E-state index contributed by atoms with van der Waals surface area (Å²) in [6, 6.07) is 0. The van der Waals surface area contributed by atoms with Crippen LogP contribution in [0.1, 0.15) is 19.3 Å². The average Bonchev–Trinajstić information content (AvgIpc) is 2.33. The molecule has 0 radical (unpaired) electrons. The third-order valence-corrected chi connectivity index (χ3v) is 2.85. The van der Waals surface area contributed by atoms with Crippen LogP contribution in [0.3, 0.4) is 0 Å². The Morgan fingerprint density at radius 2 is 1.75 bits per heavy atom. The number of rotatable bonds is 0. The van der Waals surface area contributed by atoms with E-state index >= 15 is 0 Å². The normalized spacial score (nSPS) is 30.0. The lowest BCUT2D eigenvalue weighted by atomic mass is 9.90. The summed E-state index contributed by atoms with van der Waals surface area (Å²) < 4.78 is 11.2. The van der Waals surface area contributed by atoms with Gasteiger partial charge in [-0.15, -0.1) is 0 Å². The Hall–Kier alpha value is -0.120. The summed E-state index contributed by atoms with van der Waals surface area (Å²) in [7, 11) is 0. The van der Waals surface area contributed by atoms with Crippen LogP contribution >= 0.6 is 0 Å². The molecule has 0 aliphatic carbocycles. The SMILES string of the molecule is C1COC2(CCN1)CCOCC2. The first-order valence-electron chi connectivity index (χ1n) is 4.84. The van der Waals surface area contributed by atoms with Gasteiger partial charge in [-0.05, 0) is 25.8 Å². The Balaban J connectivity index is 1.95. The fourth-order valence-corrected chi connectivity index (χ4v) is 1.99. The maximum absolute atomic E-state index is 5.89. The van der Waals surface area contributed by atoms with E-state index in [9.17, 15) is 0 Å². The standard InChI is InChI=1S/C9H17NO2/c1-4-10-5-8-12-9(1)2-6-11-7-3-9/h10H,1-8H2. The largest absolute Gasteiger partial charge is 0.381 e. The Labute approximate surface area is 73.4 Å². The van der Waals surface area contributed by atoms with Gasteiger partial charge in [-0.3, -0.25) is 0 Å². The lowest BCUT2D eigenvalue weighted by Crippen LogP contribution is -2.39. The summed E-state index contributed by atoms with van der Waals surface area (Å²) in [4.78, 5) is 0. The molecule has 1 spiro atoms. The molecule has 1 N–H and O–H groups in total. The highest BCUT2D eigenvalue weighted by Gasteiger charge is 2.33. The number of hydrogen-bond donors (Lipinski definition) is 1. The monoisotopic (exact) mass is 171 g/mol. The minimum Gasteiger partial charge on any atom is -0.381 e. The van der Waals surface area contributed by atoms with Crippen molar-refractivity contribution in [3.05, 3.63) is 0 Å². The Morgan fingerprint density at radius 1 is 0.917 bits per heavy atom. The molecule has 3 heteroatoms. The zero-order valence-electron chi connectivity index (χ0n) is 7.47. The van der Waals surface area contributed by atoms with Gasteiger partial charge in [0.1, 0.15) is 0 Å². The molecule has 0 amide bonds. The molecule has 0 aromatic heterocycles. The van der Waals surface area contributed by atoms with Crippen LogP contribution < -0.4 is 5.32 Å². The predicted molar refractivity (Wildman–Crippen MR) is 46.2 cm³/mol. The molecule has 3 nitrogen and oxygen atoms in total. The highest BCUT2D eigenvalue weighted by molar-refractivity contribution is 4.85. The van der Waals surface area contributed by atoms with E-state index in [1.54, 1.807) is 0 Å². The Bertz CT molecular complexity index is 133. The van der Waals surface area contributed by atoms with Gasteiger partial charge in [0.2, 0.25) is 0 Å². The van der Waals surface area contributed by atoms with Gasteiger partial charge in [0, 0.05) is 19.8 Å². The summed E-state index contributed by atoms with van der Waals surface area (Å²) in [5, 5.41) is 3.35. The summed E-state index contributed by atoms with van der Waals surface area (Å²) in [5.74, 6) is 0. The molecule has 2 rings (SSSR count). The van der Waals surface area contributed by atoms with Crippen molar-refractivity contribution in [2.24, 2.45) is 0 Å². The van der Waals surface area contributed by atoms with Gasteiger partial charge < -0.3 is 14.8 Å². The van der Waals surface area contributed by atoms with Crippen LogP contribution in [0.5, 0.6) is 0 Å². The zero-order chi connectivity index (χ0) is 8.28. The Morgan fingerprint density at radius 3 is 2.58 bits per heavy atom. The van der Waals surface area contributed by atoms with Crippen molar-refractivity contribution in [2.45, 2.75) is 24.9 Å². The van der Waals surface area contributed by atoms with E-state index in [-0.39, 0.29) is 5.60 Å². The van der Waals surface area contributed by atoms with Crippen molar-refractivity contribution < 1.29 is 9.47 Å². The first-order valence-corrected chi connectivity index (χ1v) is 4.84. The first-order chi connectivity index (χ1) is 5.91. The summed E-state index contributed by atoms with van der Waals surface area (Å²) in [6.07, 6.45) is 3.31. The number of hydrogen-bond acceptors (Lipinski definition) is 3. The van der Waals surface area contributed by atoms with Crippen LogP contribution in [-0.2, 0) is 9.47 Å². The first kappa shape index (κ1) is 8.48. The number of ether oxygens (including phenoxy) is 2. The molecule has 2 fully saturated rings. The van der Waals surface area contributed by atoms with E-state index in [0.717, 1.165) is 52.2 Å². The summed E-state index contributed by atoms with van der Waals surface area (Å²) in [5.41, 5.74) is 0.155. The van der Waals surface area contributed by atoms with Gasteiger partial charge in [0.25, 0.3) is 0 Å². The van der Waals surface area contributed by atoms with Gasteiger partial charge in [-0.25, -0.2) is 0 Å². The maximum atomic E-state index is 5.89. The summed E-state index contributed by atoms with van der Waals surface area (Å²) >= 11 is 0.